The van der Waals surface area contributed by atoms with E-state index < -0.39 is 0 Å². The zero-order valence-electron chi connectivity index (χ0n) is 9.53. The predicted molar refractivity (Wildman–Crippen MR) is 64.1 cm³/mol. The number of aromatic nitrogens is 1. The molecule has 0 bridgehead atoms. The number of hydrogen-bond donors (Lipinski definition) is 1. The zero-order valence-corrected chi connectivity index (χ0v) is 10.3. The topological polar surface area (TPSA) is 48.1 Å². The molecule has 0 radical (unpaired) electrons. The molecular formula is C11H20N2OS. The molecule has 0 amide bonds. The Bertz CT molecular complexity index is 269. The third kappa shape index (κ3) is 3.89. The third-order valence-corrected chi connectivity index (χ3v) is 3.15. The van der Waals surface area contributed by atoms with Crippen LogP contribution in [-0.4, -0.2) is 18.1 Å². The van der Waals surface area contributed by atoms with Gasteiger partial charge in [0, 0.05) is 18.4 Å². The molecule has 0 aliphatic rings. The first-order valence-corrected chi connectivity index (χ1v) is 6.45. The van der Waals surface area contributed by atoms with E-state index in [-0.39, 0.29) is 6.10 Å². The van der Waals surface area contributed by atoms with Crippen LogP contribution in [0.25, 0.3) is 0 Å². The highest BCUT2D eigenvalue weighted by molar-refractivity contribution is 7.09. The molecule has 0 saturated heterocycles. The van der Waals surface area contributed by atoms with Gasteiger partial charge in [0.15, 0.2) is 0 Å². The number of nitrogens with two attached hydrogens (primary N) is 1. The number of nitrogens with zero attached hydrogens (tertiary/aromatic N) is 1. The van der Waals surface area contributed by atoms with Gasteiger partial charge in [-0.3, -0.25) is 0 Å². The number of thiazole rings is 1. The zero-order chi connectivity index (χ0) is 11.1. The van der Waals surface area contributed by atoms with Gasteiger partial charge in [-0.25, -0.2) is 4.98 Å². The summed E-state index contributed by atoms with van der Waals surface area (Å²) in [5.74, 6) is 0. The van der Waals surface area contributed by atoms with Gasteiger partial charge in [0.1, 0.15) is 11.1 Å². The summed E-state index contributed by atoms with van der Waals surface area (Å²) >= 11 is 1.69. The van der Waals surface area contributed by atoms with Crippen LogP contribution >= 0.6 is 11.3 Å². The summed E-state index contributed by atoms with van der Waals surface area (Å²) in [5, 5.41) is 3.19. The van der Waals surface area contributed by atoms with Crippen molar-refractivity contribution in [2.24, 2.45) is 5.73 Å². The molecule has 1 atom stereocenters. The van der Waals surface area contributed by atoms with Crippen molar-refractivity contribution in [3.05, 3.63) is 16.1 Å². The van der Waals surface area contributed by atoms with Crippen molar-refractivity contribution in [3.8, 4) is 0 Å². The average molecular weight is 228 g/mol. The van der Waals surface area contributed by atoms with E-state index in [4.69, 9.17) is 10.5 Å². The first-order valence-electron chi connectivity index (χ1n) is 5.57. The maximum atomic E-state index is 5.68. The van der Waals surface area contributed by atoms with Crippen molar-refractivity contribution in [2.75, 3.05) is 13.2 Å². The minimum atomic E-state index is 0.177. The van der Waals surface area contributed by atoms with Crippen LogP contribution in [0, 0.1) is 0 Å². The van der Waals surface area contributed by atoms with Crippen molar-refractivity contribution in [3.63, 3.8) is 0 Å². The second kappa shape index (κ2) is 6.93. The van der Waals surface area contributed by atoms with Crippen LogP contribution in [0.3, 0.4) is 0 Å². The highest BCUT2D eigenvalue weighted by Gasteiger charge is 2.14. The Morgan fingerprint density at radius 1 is 1.53 bits per heavy atom. The fourth-order valence-electron chi connectivity index (χ4n) is 1.47. The van der Waals surface area contributed by atoms with Gasteiger partial charge in [0.05, 0.1) is 5.69 Å². The lowest BCUT2D eigenvalue weighted by Gasteiger charge is -2.12. The Morgan fingerprint density at radius 2 is 2.33 bits per heavy atom. The first kappa shape index (κ1) is 12.6. The lowest BCUT2D eigenvalue weighted by atomic mass is 10.2. The Kier molecular flexibility index (Phi) is 5.83. The summed E-state index contributed by atoms with van der Waals surface area (Å²) in [5.41, 5.74) is 6.59. The molecule has 0 aliphatic heterocycles. The summed E-state index contributed by atoms with van der Waals surface area (Å²) < 4.78 is 5.68. The number of ether oxygens (including phenoxy) is 1. The molecule has 0 aliphatic carbocycles. The fourth-order valence-corrected chi connectivity index (χ4v) is 2.41. The van der Waals surface area contributed by atoms with E-state index in [0.29, 0.717) is 6.54 Å². The van der Waals surface area contributed by atoms with Gasteiger partial charge in [-0.2, -0.15) is 0 Å². The minimum absolute atomic E-state index is 0.177. The van der Waals surface area contributed by atoms with Gasteiger partial charge in [-0.05, 0) is 19.9 Å². The van der Waals surface area contributed by atoms with Gasteiger partial charge < -0.3 is 10.5 Å². The van der Waals surface area contributed by atoms with Gasteiger partial charge in [0.2, 0.25) is 0 Å². The van der Waals surface area contributed by atoms with Crippen LogP contribution in [0.15, 0.2) is 5.38 Å². The van der Waals surface area contributed by atoms with E-state index in [1.807, 2.05) is 6.92 Å². The molecule has 0 spiro atoms. The van der Waals surface area contributed by atoms with E-state index in [0.717, 1.165) is 36.6 Å². The summed E-state index contributed by atoms with van der Waals surface area (Å²) in [6.45, 7) is 5.60. The molecular weight excluding hydrogens is 208 g/mol. The smallest absolute Gasteiger partial charge is 0.122 e. The van der Waals surface area contributed by atoms with E-state index in [1.54, 1.807) is 11.3 Å². The molecule has 0 fully saturated rings. The van der Waals surface area contributed by atoms with E-state index >= 15 is 0 Å². The molecule has 0 aromatic carbocycles. The second-order valence-electron chi connectivity index (χ2n) is 3.45. The van der Waals surface area contributed by atoms with Crippen LogP contribution in [-0.2, 0) is 11.2 Å². The van der Waals surface area contributed by atoms with Crippen LogP contribution in [0.1, 0.15) is 43.5 Å². The summed E-state index contributed by atoms with van der Waals surface area (Å²) in [6.07, 6.45) is 3.21. The molecule has 1 aromatic heterocycles. The minimum Gasteiger partial charge on any atom is -0.371 e. The second-order valence-corrected chi connectivity index (χ2v) is 4.34. The maximum absolute atomic E-state index is 5.68. The average Bonchev–Trinajstić information content (AvgIpc) is 2.67. The number of rotatable bonds is 7. The quantitative estimate of drug-likeness (QED) is 0.780. The molecule has 3 nitrogen and oxygen atoms in total. The van der Waals surface area contributed by atoms with Crippen molar-refractivity contribution >= 4 is 11.3 Å². The highest BCUT2D eigenvalue weighted by atomic mass is 32.1. The van der Waals surface area contributed by atoms with E-state index in [9.17, 15) is 0 Å². The standard InChI is InChI=1S/C11H20N2OS/c1-3-5-10(14-4-2)11-13-9(6-7-12)8-15-11/h8,10H,3-7,12H2,1-2H3. The molecule has 1 heterocycles. The fraction of sp³-hybridized carbons (Fsp3) is 0.727. The Hall–Kier alpha value is -0.450. The van der Waals surface area contributed by atoms with Crippen molar-refractivity contribution < 1.29 is 4.74 Å². The monoisotopic (exact) mass is 228 g/mol. The predicted octanol–water partition coefficient (Wildman–Crippen LogP) is 2.52. The Morgan fingerprint density at radius 3 is 2.93 bits per heavy atom. The van der Waals surface area contributed by atoms with Crippen molar-refractivity contribution in [1.29, 1.82) is 0 Å². The van der Waals surface area contributed by atoms with Gasteiger partial charge in [-0.1, -0.05) is 13.3 Å². The normalized spacial score (nSPS) is 13.0. The molecule has 0 saturated carbocycles. The molecule has 15 heavy (non-hydrogen) atoms. The molecule has 1 unspecified atom stereocenters. The van der Waals surface area contributed by atoms with Gasteiger partial charge >= 0.3 is 0 Å². The number of hydrogen-bond acceptors (Lipinski definition) is 4. The molecule has 1 aromatic rings. The van der Waals surface area contributed by atoms with Gasteiger partial charge in [0.25, 0.3) is 0 Å². The summed E-state index contributed by atoms with van der Waals surface area (Å²) in [7, 11) is 0. The lowest BCUT2D eigenvalue weighted by molar-refractivity contribution is 0.0554. The lowest BCUT2D eigenvalue weighted by Crippen LogP contribution is -2.06. The largest absolute Gasteiger partial charge is 0.371 e. The van der Waals surface area contributed by atoms with Gasteiger partial charge in [-0.15, -0.1) is 11.3 Å². The highest BCUT2D eigenvalue weighted by Crippen LogP contribution is 2.25. The molecule has 86 valence electrons. The Labute approximate surface area is 95.7 Å². The summed E-state index contributed by atoms with van der Waals surface area (Å²) in [6, 6.07) is 0. The van der Waals surface area contributed by atoms with Crippen molar-refractivity contribution in [1.82, 2.24) is 4.98 Å². The third-order valence-electron chi connectivity index (χ3n) is 2.16. The van der Waals surface area contributed by atoms with E-state index in [2.05, 4.69) is 17.3 Å². The van der Waals surface area contributed by atoms with Crippen LogP contribution in [0.5, 0.6) is 0 Å². The van der Waals surface area contributed by atoms with Crippen LogP contribution in [0.2, 0.25) is 0 Å². The molecule has 2 N–H and O–H groups in total. The summed E-state index contributed by atoms with van der Waals surface area (Å²) in [4.78, 5) is 4.55. The molecule has 1 rings (SSSR count). The molecule has 4 heteroatoms. The van der Waals surface area contributed by atoms with E-state index in [1.165, 1.54) is 0 Å². The van der Waals surface area contributed by atoms with Crippen LogP contribution in [0.4, 0.5) is 0 Å². The Balaban J connectivity index is 2.63. The first-order chi connectivity index (χ1) is 7.31. The maximum Gasteiger partial charge on any atom is 0.122 e. The SMILES string of the molecule is CCCC(OCC)c1nc(CCN)cs1. The van der Waals surface area contributed by atoms with Crippen molar-refractivity contribution in [2.45, 2.75) is 39.2 Å². The van der Waals surface area contributed by atoms with Crippen LogP contribution < -0.4 is 5.73 Å².